The Kier molecular flexibility index (Phi) is 2.51. The molecule has 4 aliphatic rings. The molecule has 2 bridgehead atoms. The van der Waals surface area contributed by atoms with Crippen LogP contribution in [0, 0.1) is 11.8 Å². The minimum Gasteiger partial charge on any atom is -0.335 e. The quantitative estimate of drug-likeness (QED) is 0.607. The van der Waals surface area contributed by atoms with Crippen LogP contribution in [-0.4, -0.2) is 47.4 Å². The molecule has 0 aromatic carbocycles. The third-order valence-corrected chi connectivity index (χ3v) is 5.47. The van der Waals surface area contributed by atoms with Crippen LogP contribution in [0.15, 0.2) is 12.2 Å². The fraction of sp³-hybridized carbons (Fsp3) is 0.800. The van der Waals surface area contributed by atoms with Gasteiger partial charge >= 0.3 is 0 Å². The van der Waals surface area contributed by atoms with Crippen molar-refractivity contribution in [1.82, 2.24) is 9.80 Å². The van der Waals surface area contributed by atoms with Crippen LogP contribution in [0.25, 0.3) is 0 Å². The first-order valence-electron chi connectivity index (χ1n) is 7.56. The molecular formula is C15H22N2O. The second-order valence-corrected chi connectivity index (χ2v) is 6.40. The van der Waals surface area contributed by atoms with Crippen molar-refractivity contribution in [2.75, 3.05) is 19.6 Å². The molecule has 4 rings (SSSR count). The van der Waals surface area contributed by atoms with Gasteiger partial charge in [-0.3, -0.25) is 9.69 Å². The number of rotatable bonds is 0. The first-order chi connectivity index (χ1) is 8.84. The van der Waals surface area contributed by atoms with Crippen molar-refractivity contribution in [1.29, 1.82) is 0 Å². The van der Waals surface area contributed by atoms with E-state index in [9.17, 15) is 4.79 Å². The highest BCUT2D eigenvalue weighted by molar-refractivity contribution is 5.81. The average Bonchev–Trinajstić information content (AvgIpc) is 2.44. The molecule has 18 heavy (non-hydrogen) atoms. The summed E-state index contributed by atoms with van der Waals surface area (Å²) < 4.78 is 0. The summed E-state index contributed by atoms with van der Waals surface area (Å²) in [7, 11) is 0. The lowest BCUT2D eigenvalue weighted by atomic mass is 9.71. The number of fused-ring (bicyclic) bond motifs is 6. The fourth-order valence-corrected chi connectivity index (χ4v) is 4.65. The van der Waals surface area contributed by atoms with E-state index in [1.807, 2.05) is 0 Å². The Labute approximate surface area is 109 Å². The van der Waals surface area contributed by atoms with E-state index in [-0.39, 0.29) is 0 Å². The van der Waals surface area contributed by atoms with E-state index in [0.29, 0.717) is 29.8 Å². The zero-order valence-corrected chi connectivity index (χ0v) is 10.9. The van der Waals surface area contributed by atoms with Crippen LogP contribution in [0.5, 0.6) is 0 Å². The Balaban J connectivity index is 1.67. The first-order valence-corrected chi connectivity index (χ1v) is 7.56. The molecule has 3 nitrogen and oxygen atoms in total. The molecule has 0 unspecified atom stereocenters. The van der Waals surface area contributed by atoms with Crippen molar-refractivity contribution >= 4 is 5.91 Å². The lowest BCUT2D eigenvalue weighted by Crippen LogP contribution is -2.64. The molecule has 3 fully saturated rings. The lowest BCUT2D eigenvalue weighted by Gasteiger charge is -2.55. The second kappa shape index (κ2) is 4.09. The van der Waals surface area contributed by atoms with Gasteiger partial charge in [0, 0.05) is 19.1 Å². The van der Waals surface area contributed by atoms with Crippen molar-refractivity contribution in [2.24, 2.45) is 11.8 Å². The van der Waals surface area contributed by atoms with Gasteiger partial charge in [-0.25, -0.2) is 0 Å². The minimum absolute atomic E-state index is 0.312. The number of piperidine rings is 3. The van der Waals surface area contributed by atoms with Gasteiger partial charge in [0.1, 0.15) is 0 Å². The highest BCUT2D eigenvalue weighted by Gasteiger charge is 2.49. The van der Waals surface area contributed by atoms with E-state index in [2.05, 4.69) is 22.0 Å². The van der Waals surface area contributed by atoms with Gasteiger partial charge in [0.2, 0.25) is 5.91 Å². The van der Waals surface area contributed by atoms with Crippen LogP contribution in [0.2, 0.25) is 0 Å². The minimum atomic E-state index is 0.312. The molecule has 98 valence electrons. The summed E-state index contributed by atoms with van der Waals surface area (Å²) in [6.07, 6.45) is 10.7. The second-order valence-electron chi connectivity index (χ2n) is 6.40. The summed E-state index contributed by atoms with van der Waals surface area (Å²) in [6, 6.07) is 0.972. The molecule has 4 atom stereocenters. The van der Waals surface area contributed by atoms with Crippen molar-refractivity contribution in [3.8, 4) is 0 Å². The van der Waals surface area contributed by atoms with Gasteiger partial charge in [-0.1, -0.05) is 18.6 Å². The standard InChI is InChI=1S/C15H22N2O/c18-15-12-9-11(13-5-2-4-8-17(13)15)10-16-7-3-1-6-14(12)16/h2,5,11-14H,1,3-4,6-10H2/t11-,12+,13+,14-/m0/s1. The number of hydrogen-bond donors (Lipinski definition) is 0. The van der Waals surface area contributed by atoms with Crippen LogP contribution in [-0.2, 0) is 4.79 Å². The predicted molar refractivity (Wildman–Crippen MR) is 70.1 cm³/mol. The van der Waals surface area contributed by atoms with Gasteiger partial charge in [-0.15, -0.1) is 0 Å². The van der Waals surface area contributed by atoms with Crippen LogP contribution >= 0.6 is 0 Å². The van der Waals surface area contributed by atoms with Crippen LogP contribution in [0.1, 0.15) is 32.1 Å². The molecule has 0 aromatic heterocycles. The van der Waals surface area contributed by atoms with Gasteiger partial charge in [0.25, 0.3) is 0 Å². The fourth-order valence-electron chi connectivity index (χ4n) is 4.65. The maximum atomic E-state index is 12.7. The van der Waals surface area contributed by atoms with Crippen LogP contribution < -0.4 is 0 Å². The van der Waals surface area contributed by atoms with Crippen molar-refractivity contribution < 1.29 is 4.79 Å². The van der Waals surface area contributed by atoms with Crippen LogP contribution in [0.4, 0.5) is 0 Å². The molecule has 0 radical (unpaired) electrons. The number of nitrogens with zero attached hydrogens (tertiary/aromatic N) is 2. The van der Waals surface area contributed by atoms with E-state index < -0.39 is 0 Å². The molecular weight excluding hydrogens is 224 g/mol. The maximum absolute atomic E-state index is 12.7. The smallest absolute Gasteiger partial charge is 0.227 e. The summed E-state index contributed by atoms with van der Waals surface area (Å²) in [5, 5.41) is 0. The molecule has 3 saturated heterocycles. The Bertz CT molecular complexity index is 392. The molecule has 4 heterocycles. The topological polar surface area (TPSA) is 23.6 Å². The molecule has 4 aliphatic heterocycles. The van der Waals surface area contributed by atoms with E-state index in [1.54, 1.807) is 0 Å². The molecule has 0 N–H and O–H groups in total. The third-order valence-electron chi connectivity index (χ3n) is 5.47. The lowest BCUT2D eigenvalue weighted by molar-refractivity contribution is -0.154. The molecule has 0 aliphatic carbocycles. The highest BCUT2D eigenvalue weighted by Crippen LogP contribution is 2.42. The monoisotopic (exact) mass is 246 g/mol. The molecule has 0 spiro atoms. The summed E-state index contributed by atoms with van der Waals surface area (Å²) in [5.41, 5.74) is 0. The van der Waals surface area contributed by atoms with Crippen molar-refractivity contribution in [2.45, 2.75) is 44.2 Å². The predicted octanol–water partition coefficient (Wildman–Crippen LogP) is 1.65. The van der Waals surface area contributed by atoms with Gasteiger partial charge in [-0.05, 0) is 38.1 Å². The Morgan fingerprint density at radius 1 is 1.22 bits per heavy atom. The first kappa shape index (κ1) is 11.0. The molecule has 1 amide bonds. The van der Waals surface area contributed by atoms with Crippen LogP contribution in [0.3, 0.4) is 0 Å². The van der Waals surface area contributed by atoms with E-state index in [1.165, 1.54) is 32.4 Å². The molecule has 3 heteroatoms. The Hall–Kier alpha value is -0.830. The summed E-state index contributed by atoms with van der Waals surface area (Å²) in [6.45, 7) is 3.40. The van der Waals surface area contributed by atoms with E-state index >= 15 is 0 Å². The summed E-state index contributed by atoms with van der Waals surface area (Å²) in [4.78, 5) is 17.5. The van der Waals surface area contributed by atoms with E-state index in [0.717, 1.165) is 19.4 Å². The van der Waals surface area contributed by atoms with Gasteiger partial charge < -0.3 is 4.90 Å². The maximum Gasteiger partial charge on any atom is 0.227 e. The number of carbonyl (C=O) groups is 1. The normalized spacial score (nSPS) is 43.6. The summed E-state index contributed by atoms with van der Waals surface area (Å²) >= 11 is 0. The number of carbonyl (C=O) groups excluding carboxylic acids is 1. The van der Waals surface area contributed by atoms with Gasteiger partial charge in [0.15, 0.2) is 0 Å². The Morgan fingerprint density at radius 3 is 3.11 bits per heavy atom. The van der Waals surface area contributed by atoms with Crippen molar-refractivity contribution in [3.63, 3.8) is 0 Å². The SMILES string of the molecule is O=C1[C@@H]2C[C@@H](CN3CCCC[C@@H]23)[C@H]2C=CCCN12. The third kappa shape index (κ3) is 1.49. The van der Waals surface area contributed by atoms with Gasteiger partial charge in [0.05, 0.1) is 12.0 Å². The summed E-state index contributed by atoms with van der Waals surface area (Å²) in [5.74, 6) is 1.46. The number of hydrogen-bond acceptors (Lipinski definition) is 2. The van der Waals surface area contributed by atoms with E-state index in [4.69, 9.17) is 0 Å². The Morgan fingerprint density at radius 2 is 2.17 bits per heavy atom. The zero-order chi connectivity index (χ0) is 12.1. The van der Waals surface area contributed by atoms with Gasteiger partial charge in [-0.2, -0.15) is 0 Å². The zero-order valence-electron chi connectivity index (χ0n) is 10.9. The average molecular weight is 246 g/mol. The number of amides is 1. The van der Waals surface area contributed by atoms with Crippen molar-refractivity contribution in [3.05, 3.63) is 12.2 Å². The molecule has 0 aromatic rings. The largest absolute Gasteiger partial charge is 0.335 e. The molecule has 0 saturated carbocycles. The highest BCUT2D eigenvalue weighted by atomic mass is 16.2.